The van der Waals surface area contributed by atoms with Gasteiger partial charge in [-0.2, -0.15) is 5.10 Å². The van der Waals surface area contributed by atoms with E-state index in [1.54, 1.807) is 29.2 Å². The van der Waals surface area contributed by atoms with Gasteiger partial charge in [0, 0.05) is 18.6 Å². The third-order valence-corrected chi connectivity index (χ3v) is 4.05. The summed E-state index contributed by atoms with van der Waals surface area (Å²) in [5, 5.41) is 7.06. The van der Waals surface area contributed by atoms with Crippen LogP contribution in [0.2, 0.25) is 0 Å². The number of amides is 1. The molecule has 0 unspecified atom stereocenters. The molecule has 0 radical (unpaired) electrons. The lowest BCUT2D eigenvalue weighted by molar-refractivity contribution is 0.102. The van der Waals surface area contributed by atoms with Crippen molar-refractivity contribution < 1.29 is 9.53 Å². The molecule has 1 fully saturated rings. The first kappa shape index (κ1) is 15.4. The maximum Gasteiger partial charge on any atom is 0.274 e. The molecule has 1 N–H and O–H groups in total. The second kappa shape index (κ2) is 6.76. The van der Waals surface area contributed by atoms with Crippen molar-refractivity contribution in [3.63, 3.8) is 0 Å². The molecule has 1 amide bonds. The third-order valence-electron chi connectivity index (χ3n) is 4.05. The molecule has 0 aliphatic heterocycles. The highest BCUT2D eigenvalue weighted by molar-refractivity contribution is 6.03. The van der Waals surface area contributed by atoms with Crippen molar-refractivity contribution in [1.29, 1.82) is 0 Å². The van der Waals surface area contributed by atoms with Crippen LogP contribution in [0.3, 0.4) is 0 Å². The largest absolute Gasteiger partial charge is 0.491 e. The predicted octanol–water partition coefficient (Wildman–Crippen LogP) is 3.31. The summed E-state index contributed by atoms with van der Waals surface area (Å²) in [6.45, 7) is 0.694. The van der Waals surface area contributed by atoms with E-state index in [0.29, 0.717) is 29.7 Å². The van der Waals surface area contributed by atoms with Crippen molar-refractivity contribution >= 4 is 11.6 Å². The van der Waals surface area contributed by atoms with Gasteiger partial charge in [-0.05, 0) is 49.1 Å². The Hall–Kier alpha value is -3.15. The van der Waals surface area contributed by atoms with Gasteiger partial charge in [0.25, 0.3) is 5.91 Å². The van der Waals surface area contributed by atoms with Gasteiger partial charge in [0.05, 0.1) is 18.0 Å². The molecule has 0 saturated heterocycles. The molecular weight excluding hydrogens is 316 g/mol. The standard InChI is InChI=1S/C19H18N4O2/c24-19(17-12-15(8-10-20-17)23-11-3-9-21-23)22-16-4-1-2-5-18(16)25-13-14-6-7-14/h1-5,8-12,14H,6-7,13H2,(H,22,24). The average Bonchev–Trinajstić information content (AvgIpc) is 3.31. The van der Waals surface area contributed by atoms with Crippen LogP contribution in [0.5, 0.6) is 5.75 Å². The molecule has 1 saturated carbocycles. The van der Waals surface area contributed by atoms with Gasteiger partial charge in [0.2, 0.25) is 0 Å². The summed E-state index contributed by atoms with van der Waals surface area (Å²) in [4.78, 5) is 16.7. The third kappa shape index (κ3) is 3.68. The normalized spacial score (nSPS) is 13.4. The summed E-state index contributed by atoms with van der Waals surface area (Å²) in [6, 6.07) is 12.8. The van der Waals surface area contributed by atoms with E-state index in [0.717, 1.165) is 5.69 Å². The van der Waals surface area contributed by atoms with Crippen LogP contribution in [0, 0.1) is 5.92 Å². The van der Waals surface area contributed by atoms with Crippen molar-refractivity contribution in [3.8, 4) is 11.4 Å². The smallest absolute Gasteiger partial charge is 0.274 e. The van der Waals surface area contributed by atoms with Crippen molar-refractivity contribution in [2.24, 2.45) is 5.92 Å². The van der Waals surface area contributed by atoms with Gasteiger partial charge in [-0.25, -0.2) is 4.68 Å². The number of hydrogen-bond acceptors (Lipinski definition) is 4. The Morgan fingerprint density at radius 1 is 1.20 bits per heavy atom. The maximum absolute atomic E-state index is 12.6. The number of nitrogens with zero attached hydrogens (tertiary/aromatic N) is 3. The first-order chi connectivity index (χ1) is 12.3. The number of rotatable bonds is 6. The summed E-state index contributed by atoms with van der Waals surface area (Å²) in [7, 11) is 0. The molecule has 1 aliphatic carbocycles. The van der Waals surface area contributed by atoms with Crippen LogP contribution >= 0.6 is 0 Å². The van der Waals surface area contributed by atoms with Gasteiger partial charge >= 0.3 is 0 Å². The Morgan fingerprint density at radius 3 is 2.88 bits per heavy atom. The number of pyridine rings is 1. The van der Waals surface area contributed by atoms with E-state index in [1.807, 2.05) is 36.5 Å². The van der Waals surface area contributed by atoms with Gasteiger partial charge in [-0.3, -0.25) is 9.78 Å². The van der Waals surface area contributed by atoms with E-state index in [4.69, 9.17) is 4.74 Å². The molecule has 0 bridgehead atoms. The molecule has 0 spiro atoms. The Labute approximate surface area is 145 Å². The number of hydrogen-bond donors (Lipinski definition) is 1. The van der Waals surface area contributed by atoms with Gasteiger partial charge in [-0.15, -0.1) is 0 Å². The van der Waals surface area contributed by atoms with Crippen LogP contribution in [-0.4, -0.2) is 27.3 Å². The first-order valence-electron chi connectivity index (χ1n) is 8.29. The Bertz CT molecular complexity index is 873. The molecule has 3 aromatic rings. The second-order valence-corrected chi connectivity index (χ2v) is 6.05. The monoisotopic (exact) mass is 334 g/mol. The minimum Gasteiger partial charge on any atom is -0.491 e. The molecule has 4 rings (SSSR count). The molecule has 0 atom stereocenters. The molecule has 1 aliphatic rings. The Balaban J connectivity index is 1.51. The minimum absolute atomic E-state index is 0.281. The fraction of sp³-hybridized carbons (Fsp3) is 0.211. The van der Waals surface area contributed by atoms with Crippen LogP contribution in [-0.2, 0) is 0 Å². The van der Waals surface area contributed by atoms with E-state index in [-0.39, 0.29) is 5.91 Å². The van der Waals surface area contributed by atoms with Crippen LogP contribution < -0.4 is 10.1 Å². The number of ether oxygens (including phenoxy) is 1. The number of para-hydroxylation sites is 2. The number of carbonyl (C=O) groups is 1. The fourth-order valence-corrected chi connectivity index (χ4v) is 2.48. The number of nitrogens with one attached hydrogen (secondary N) is 1. The SMILES string of the molecule is O=C(Nc1ccccc1OCC1CC1)c1cc(-n2cccn2)ccn1. The van der Waals surface area contributed by atoms with E-state index in [1.165, 1.54) is 12.8 Å². The average molecular weight is 334 g/mol. The van der Waals surface area contributed by atoms with E-state index >= 15 is 0 Å². The molecule has 126 valence electrons. The highest BCUT2D eigenvalue weighted by atomic mass is 16.5. The number of anilines is 1. The Morgan fingerprint density at radius 2 is 2.08 bits per heavy atom. The highest BCUT2D eigenvalue weighted by Crippen LogP contribution is 2.31. The van der Waals surface area contributed by atoms with Gasteiger partial charge in [0.1, 0.15) is 11.4 Å². The minimum atomic E-state index is -0.281. The van der Waals surface area contributed by atoms with E-state index < -0.39 is 0 Å². The summed E-state index contributed by atoms with van der Waals surface area (Å²) in [6.07, 6.45) is 7.55. The molecule has 2 heterocycles. The van der Waals surface area contributed by atoms with Gasteiger partial charge in [0.15, 0.2) is 0 Å². The van der Waals surface area contributed by atoms with Crippen LogP contribution in [0.1, 0.15) is 23.3 Å². The highest BCUT2D eigenvalue weighted by Gasteiger charge is 2.22. The molecule has 2 aromatic heterocycles. The summed E-state index contributed by atoms with van der Waals surface area (Å²) in [5.41, 5.74) is 1.76. The van der Waals surface area contributed by atoms with E-state index in [2.05, 4.69) is 15.4 Å². The van der Waals surface area contributed by atoms with E-state index in [9.17, 15) is 4.79 Å². The first-order valence-corrected chi connectivity index (χ1v) is 8.29. The molecule has 25 heavy (non-hydrogen) atoms. The zero-order valence-electron chi connectivity index (χ0n) is 13.6. The molecule has 6 heteroatoms. The summed E-state index contributed by atoms with van der Waals surface area (Å²) in [5.74, 6) is 1.05. The van der Waals surface area contributed by atoms with Crippen molar-refractivity contribution in [1.82, 2.24) is 14.8 Å². The van der Waals surface area contributed by atoms with Crippen LogP contribution in [0.4, 0.5) is 5.69 Å². The lowest BCUT2D eigenvalue weighted by atomic mass is 10.2. The Kier molecular flexibility index (Phi) is 4.16. The van der Waals surface area contributed by atoms with Crippen LogP contribution in [0.15, 0.2) is 61.1 Å². The second-order valence-electron chi connectivity index (χ2n) is 6.05. The lowest BCUT2D eigenvalue weighted by Gasteiger charge is -2.12. The number of benzene rings is 1. The molecule has 1 aromatic carbocycles. The van der Waals surface area contributed by atoms with Crippen LogP contribution in [0.25, 0.3) is 5.69 Å². The van der Waals surface area contributed by atoms with Crippen molar-refractivity contribution in [2.75, 3.05) is 11.9 Å². The molecular formula is C19H18N4O2. The zero-order chi connectivity index (χ0) is 17.1. The fourth-order valence-electron chi connectivity index (χ4n) is 2.48. The quantitative estimate of drug-likeness (QED) is 0.751. The van der Waals surface area contributed by atoms with Crippen molar-refractivity contribution in [2.45, 2.75) is 12.8 Å². The van der Waals surface area contributed by atoms with Gasteiger partial charge < -0.3 is 10.1 Å². The zero-order valence-corrected chi connectivity index (χ0v) is 13.6. The number of carbonyl (C=O) groups excluding carboxylic acids is 1. The topological polar surface area (TPSA) is 69.0 Å². The maximum atomic E-state index is 12.6. The number of aromatic nitrogens is 3. The van der Waals surface area contributed by atoms with Gasteiger partial charge in [-0.1, -0.05) is 12.1 Å². The van der Waals surface area contributed by atoms with Crippen molar-refractivity contribution in [3.05, 3.63) is 66.7 Å². The summed E-state index contributed by atoms with van der Waals surface area (Å²) >= 11 is 0. The predicted molar refractivity (Wildman–Crippen MR) is 94.0 cm³/mol. The lowest BCUT2D eigenvalue weighted by Crippen LogP contribution is -2.15. The molecule has 6 nitrogen and oxygen atoms in total. The summed E-state index contributed by atoms with van der Waals surface area (Å²) < 4.78 is 7.52.